The van der Waals surface area contributed by atoms with E-state index < -0.39 is 0 Å². The summed E-state index contributed by atoms with van der Waals surface area (Å²) < 4.78 is 0. The van der Waals surface area contributed by atoms with Gasteiger partial charge in [-0.15, -0.1) is 0 Å². The van der Waals surface area contributed by atoms with Crippen LogP contribution in [0.15, 0.2) is 0 Å². The van der Waals surface area contributed by atoms with Crippen LogP contribution in [0, 0.1) is 35.5 Å². The maximum absolute atomic E-state index is 2.48. The van der Waals surface area contributed by atoms with Gasteiger partial charge in [0.25, 0.3) is 0 Å². The number of hydrogen-bond donors (Lipinski definition) is 0. The highest BCUT2D eigenvalue weighted by molar-refractivity contribution is 5.15. The van der Waals surface area contributed by atoms with Crippen LogP contribution >= 0.6 is 0 Å². The standard InChI is InChI=1S/C11H18/c1-6-3-7(2)8(4-6)11-9-5-10(9)11/h6-11H,3-5H2,1-2H3. The van der Waals surface area contributed by atoms with Crippen molar-refractivity contribution >= 4 is 0 Å². The molecule has 0 radical (unpaired) electrons. The van der Waals surface area contributed by atoms with Gasteiger partial charge in [-0.25, -0.2) is 0 Å². The number of hydrogen-bond acceptors (Lipinski definition) is 0. The highest BCUT2D eigenvalue weighted by Crippen LogP contribution is 2.73. The Morgan fingerprint density at radius 1 is 0.818 bits per heavy atom. The Kier molecular flexibility index (Phi) is 1.09. The molecule has 0 aromatic carbocycles. The predicted octanol–water partition coefficient (Wildman–Crippen LogP) is 2.93. The minimum Gasteiger partial charge on any atom is -0.0625 e. The molecule has 0 amide bonds. The van der Waals surface area contributed by atoms with Crippen molar-refractivity contribution in [2.75, 3.05) is 0 Å². The van der Waals surface area contributed by atoms with Gasteiger partial charge in [0, 0.05) is 0 Å². The normalized spacial score (nSPS) is 66.0. The Labute approximate surface area is 69.4 Å². The van der Waals surface area contributed by atoms with Crippen molar-refractivity contribution in [3.05, 3.63) is 0 Å². The topological polar surface area (TPSA) is 0 Å². The lowest BCUT2D eigenvalue weighted by Gasteiger charge is -2.17. The van der Waals surface area contributed by atoms with Gasteiger partial charge in [0.1, 0.15) is 0 Å². The molecule has 0 nitrogen and oxygen atoms in total. The zero-order valence-corrected chi connectivity index (χ0v) is 7.59. The van der Waals surface area contributed by atoms with E-state index in [1.165, 1.54) is 24.2 Å². The third-order valence-corrected chi connectivity index (χ3v) is 4.41. The number of fused-ring (bicyclic) bond motifs is 1. The van der Waals surface area contributed by atoms with Crippen molar-refractivity contribution in [1.82, 2.24) is 0 Å². The zero-order chi connectivity index (χ0) is 7.59. The van der Waals surface area contributed by atoms with Crippen molar-refractivity contribution in [2.45, 2.75) is 33.1 Å². The first-order valence-corrected chi connectivity index (χ1v) is 5.27. The summed E-state index contributed by atoms with van der Waals surface area (Å²) in [6, 6.07) is 0. The van der Waals surface area contributed by atoms with Crippen molar-refractivity contribution in [3.8, 4) is 0 Å². The van der Waals surface area contributed by atoms with E-state index in [0.717, 1.165) is 17.8 Å². The molecule has 0 aromatic rings. The molecule has 0 aromatic heterocycles. The van der Waals surface area contributed by atoms with E-state index in [0.29, 0.717) is 0 Å². The van der Waals surface area contributed by atoms with Crippen molar-refractivity contribution < 1.29 is 0 Å². The lowest BCUT2D eigenvalue weighted by atomic mass is 9.88. The summed E-state index contributed by atoms with van der Waals surface area (Å²) in [5, 5.41) is 0. The fourth-order valence-electron chi connectivity index (χ4n) is 3.60. The third kappa shape index (κ3) is 0.816. The van der Waals surface area contributed by atoms with Gasteiger partial charge in [0.2, 0.25) is 0 Å². The van der Waals surface area contributed by atoms with Gasteiger partial charge in [-0.05, 0) is 54.8 Å². The first kappa shape index (κ1) is 6.51. The van der Waals surface area contributed by atoms with Crippen LogP contribution in [0.4, 0.5) is 0 Å². The summed E-state index contributed by atoms with van der Waals surface area (Å²) in [4.78, 5) is 0. The Balaban J connectivity index is 1.68. The van der Waals surface area contributed by atoms with Crippen molar-refractivity contribution in [1.29, 1.82) is 0 Å². The lowest BCUT2D eigenvalue weighted by Crippen LogP contribution is -2.11. The van der Waals surface area contributed by atoms with Crippen LogP contribution in [0.2, 0.25) is 0 Å². The van der Waals surface area contributed by atoms with Crippen LogP contribution in [-0.2, 0) is 0 Å². The highest BCUT2D eigenvalue weighted by Gasteiger charge is 2.67. The first-order valence-electron chi connectivity index (χ1n) is 5.27. The minimum absolute atomic E-state index is 1.04. The molecule has 5 unspecified atom stereocenters. The molecular formula is C11H18. The van der Waals surface area contributed by atoms with E-state index in [1.807, 2.05) is 0 Å². The van der Waals surface area contributed by atoms with Crippen LogP contribution in [0.5, 0.6) is 0 Å². The van der Waals surface area contributed by atoms with E-state index >= 15 is 0 Å². The summed E-state index contributed by atoms with van der Waals surface area (Å²) in [7, 11) is 0. The zero-order valence-electron chi connectivity index (χ0n) is 7.59. The maximum atomic E-state index is 2.48. The van der Waals surface area contributed by atoms with Crippen LogP contribution in [0.25, 0.3) is 0 Å². The third-order valence-electron chi connectivity index (χ3n) is 4.41. The fraction of sp³-hybridized carbons (Fsp3) is 1.00. The van der Waals surface area contributed by atoms with Gasteiger partial charge in [0.05, 0.1) is 0 Å². The highest BCUT2D eigenvalue weighted by atomic mass is 14.7. The van der Waals surface area contributed by atoms with E-state index in [-0.39, 0.29) is 0 Å². The molecule has 3 aliphatic rings. The lowest BCUT2D eigenvalue weighted by molar-refractivity contribution is 0.314. The molecule has 5 atom stereocenters. The van der Waals surface area contributed by atoms with E-state index in [1.54, 1.807) is 12.8 Å². The molecule has 0 heterocycles. The summed E-state index contributed by atoms with van der Waals surface area (Å²) in [5.41, 5.74) is 0. The van der Waals surface area contributed by atoms with E-state index in [4.69, 9.17) is 0 Å². The van der Waals surface area contributed by atoms with E-state index in [2.05, 4.69) is 13.8 Å². The van der Waals surface area contributed by atoms with Crippen LogP contribution in [-0.4, -0.2) is 0 Å². The van der Waals surface area contributed by atoms with E-state index in [9.17, 15) is 0 Å². The Morgan fingerprint density at radius 3 is 1.91 bits per heavy atom. The summed E-state index contributed by atoms with van der Waals surface area (Å²) >= 11 is 0. The molecule has 62 valence electrons. The molecule has 11 heavy (non-hydrogen) atoms. The van der Waals surface area contributed by atoms with Crippen LogP contribution < -0.4 is 0 Å². The van der Waals surface area contributed by atoms with Gasteiger partial charge >= 0.3 is 0 Å². The number of rotatable bonds is 1. The largest absolute Gasteiger partial charge is 0.0625 e. The molecule has 3 fully saturated rings. The maximum Gasteiger partial charge on any atom is -0.0321 e. The van der Waals surface area contributed by atoms with Crippen LogP contribution in [0.3, 0.4) is 0 Å². The average Bonchev–Trinajstić information content (AvgIpc) is 2.70. The van der Waals surface area contributed by atoms with Gasteiger partial charge in [-0.3, -0.25) is 0 Å². The van der Waals surface area contributed by atoms with Gasteiger partial charge < -0.3 is 0 Å². The second-order valence-corrected chi connectivity index (χ2v) is 5.36. The molecule has 0 saturated heterocycles. The molecule has 3 aliphatic carbocycles. The van der Waals surface area contributed by atoms with Gasteiger partial charge in [-0.2, -0.15) is 0 Å². The fourth-order valence-corrected chi connectivity index (χ4v) is 3.60. The average molecular weight is 150 g/mol. The summed E-state index contributed by atoms with van der Waals surface area (Å²) in [5.74, 6) is 6.92. The summed E-state index contributed by atoms with van der Waals surface area (Å²) in [6.07, 6.45) is 4.67. The second-order valence-electron chi connectivity index (χ2n) is 5.36. The molecule has 0 N–H and O–H groups in total. The predicted molar refractivity (Wildman–Crippen MR) is 46.1 cm³/mol. The second kappa shape index (κ2) is 1.84. The molecule has 0 spiro atoms. The van der Waals surface area contributed by atoms with Crippen molar-refractivity contribution in [3.63, 3.8) is 0 Å². The van der Waals surface area contributed by atoms with Crippen molar-refractivity contribution in [2.24, 2.45) is 35.5 Å². The monoisotopic (exact) mass is 150 g/mol. The Morgan fingerprint density at radius 2 is 1.55 bits per heavy atom. The first-order chi connectivity index (χ1) is 5.27. The SMILES string of the molecule is CC1CC(C)C(C2C3CC32)C1. The molecule has 0 aliphatic heterocycles. The minimum atomic E-state index is 1.04. The summed E-state index contributed by atoms with van der Waals surface area (Å²) in [6.45, 7) is 4.91. The smallest absolute Gasteiger partial charge is 0.0321 e. The molecule has 3 rings (SSSR count). The molecule has 3 saturated carbocycles. The van der Waals surface area contributed by atoms with Crippen LogP contribution in [0.1, 0.15) is 33.1 Å². The Hall–Kier alpha value is 0. The molecule has 0 bridgehead atoms. The van der Waals surface area contributed by atoms with Gasteiger partial charge in [-0.1, -0.05) is 13.8 Å². The quantitative estimate of drug-likeness (QED) is 0.539. The van der Waals surface area contributed by atoms with Gasteiger partial charge in [0.15, 0.2) is 0 Å². The molecule has 0 heteroatoms. The molecular weight excluding hydrogens is 132 g/mol. The Bertz CT molecular complexity index is 174.